The largest absolute Gasteiger partial charge is 0.328 e. The number of benzene rings is 1. The van der Waals surface area contributed by atoms with E-state index in [-0.39, 0.29) is 11.9 Å². The Morgan fingerprint density at radius 3 is 2.43 bits per heavy atom. The number of amides is 1. The van der Waals surface area contributed by atoms with Gasteiger partial charge in [0, 0.05) is 18.7 Å². The molecule has 0 unspecified atom stereocenters. The zero-order chi connectivity index (χ0) is 10.6. The van der Waals surface area contributed by atoms with Crippen molar-refractivity contribution in [3.63, 3.8) is 0 Å². The molecule has 0 radical (unpaired) electrons. The van der Waals surface area contributed by atoms with Crippen LogP contribution in [0.15, 0.2) is 24.3 Å². The van der Waals surface area contributed by atoms with Gasteiger partial charge in [0.2, 0.25) is 5.91 Å². The van der Waals surface area contributed by atoms with Gasteiger partial charge in [0.25, 0.3) is 0 Å². The molecule has 0 saturated heterocycles. The van der Waals surface area contributed by atoms with Crippen molar-refractivity contribution in [1.82, 2.24) is 0 Å². The first kappa shape index (κ1) is 10.7. The molecule has 3 nitrogen and oxygen atoms in total. The van der Waals surface area contributed by atoms with Crippen LogP contribution in [0.4, 0.5) is 5.69 Å². The molecule has 0 aromatic heterocycles. The van der Waals surface area contributed by atoms with E-state index in [0.717, 1.165) is 12.1 Å². The summed E-state index contributed by atoms with van der Waals surface area (Å²) in [6.45, 7) is 3.47. The fourth-order valence-electron chi connectivity index (χ4n) is 1.30. The van der Waals surface area contributed by atoms with Gasteiger partial charge in [-0.2, -0.15) is 0 Å². The van der Waals surface area contributed by atoms with E-state index in [0.29, 0.717) is 0 Å². The van der Waals surface area contributed by atoms with Crippen LogP contribution in [0.5, 0.6) is 0 Å². The molecule has 0 spiro atoms. The lowest BCUT2D eigenvalue weighted by Crippen LogP contribution is -2.17. The Bertz CT molecular complexity index is 304. The minimum absolute atomic E-state index is 0.0510. The van der Waals surface area contributed by atoms with Crippen molar-refractivity contribution < 1.29 is 4.79 Å². The van der Waals surface area contributed by atoms with Gasteiger partial charge in [-0.3, -0.25) is 4.79 Å². The molecule has 0 aliphatic heterocycles. The minimum Gasteiger partial charge on any atom is -0.328 e. The van der Waals surface area contributed by atoms with Crippen LogP contribution in [0.25, 0.3) is 0 Å². The molecule has 0 bridgehead atoms. The molecule has 1 atom stereocenters. The van der Waals surface area contributed by atoms with Crippen LogP contribution in [0.2, 0.25) is 0 Å². The van der Waals surface area contributed by atoms with Crippen molar-refractivity contribution in [2.75, 3.05) is 5.32 Å². The number of anilines is 1. The summed E-state index contributed by atoms with van der Waals surface area (Å²) in [7, 11) is 0. The number of rotatable bonds is 3. The number of carbonyl (C=O) groups is 1. The second kappa shape index (κ2) is 4.77. The van der Waals surface area contributed by atoms with Crippen LogP contribution in [0.1, 0.15) is 19.4 Å². The predicted molar refractivity (Wildman–Crippen MR) is 58.1 cm³/mol. The molecular weight excluding hydrogens is 176 g/mol. The van der Waals surface area contributed by atoms with Crippen LogP contribution in [0, 0.1) is 0 Å². The Kier molecular flexibility index (Phi) is 3.65. The SMILES string of the molecule is CC(=O)Nc1ccc(C[C@H](C)N)cc1. The molecule has 1 aromatic rings. The van der Waals surface area contributed by atoms with E-state index in [1.807, 2.05) is 31.2 Å². The van der Waals surface area contributed by atoms with E-state index >= 15 is 0 Å². The number of nitrogens with one attached hydrogen (secondary N) is 1. The molecule has 14 heavy (non-hydrogen) atoms. The number of nitrogens with two attached hydrogens (primary N) is 1. The van der Waals surface area contributed by atoms with E-state index in [1.165, 1.54) is 12.5 Å². The Balaban J connectivity index is 2.63. The molecular formula is C11H16N2O. The first-order chi connectivity index (χ1) is 6.58. The number of carbonyl (C=O) groups excluding carboxylic acids is 1. The van der Waals surface area contributed by atoms with Gasteiger partial charge in [-0.25, -0.2) is 0 Å². The highest BCUT2D eigenvalue weighted by molar-refractivity contribution is 5.88. The molecule has 0 saturated carbocycles. The summed E-state index contributed by atoms with van der Waals surface area (Å²) in [5, 5.41) is 2.72. The Hall–Kier alpha value is -1.35. The maximum Gasteiger partial charge on any atom is 0.221 e. The number of hydrogen-bond donors (Lipinski definition) is 2. The van der Waals surface area contributed by atoms with Crippen molar-refractivity contribution in [3.05, 3.63) is 29.8 Å². The maximum atomic E-state index is 10.7. The molecule has 0 fully saturated rings. The van der Waals surface area contributed by atoms with Gasteiger partial charge in [0.15, 0.2) is 0 Å². The summed E-state index contributed by atoms with van der Waals surface area (Å²) in [5.41, 5.74) is 7.69. The highest BCUT2D eigenvalue weighted by Gasteiger charge is 1.98. The van der Waals surface area contributed by atoms with E-state index in [1.54, 1.807) is 0 Å². The van der Waals surface area contributed by atoms with Crippen molar-refractivity contribution in [3.8, 4) is 0 Å². The third-order valence-corrected chi connectivity index (χ3v) is 1.83. The van der Waals surface area contributed by atoms with Crippen LogP contribution in [-0.2, 0) is 11.2 Å². The zero-order valence-electron chi connectivity index (χ0n) is 8.58. The van der Waals surface area contributed by atoms with Crippen LogP contribution >= 0.6 is 0 Å². The number of hydrogen-bond acceptors (Lipinski definition) is 2. The fourth-order valence-corrected chi connectivity index (χ4v) is 1.30. The lowest BCUT2D eigenvalue weighted by molar-refractivity contribution is -0.114. The monoisotopic (exact) mass is 192 g/mol. The molecule has 76 valence electrons. The van der Waals surface area contributed by atoms with Gasteiger partial charge in [-0.1, -0.05) is 12.1 Å². The van der Waals surface area contributed by atoms with Gasteiger partial charge >= 0.3 is 0 Å². The normalized spacial score (nSPS) is 12.2. The standard InChI is InChI=1S/C11H16N2O/c1-8(12)7-10-3-5-11(6-4-10)13-9(2)14/h3-6,8H,7,12H2,1-2H3,(H,13,14)/t8-/m0/s1. The van der Waals surface area contributed by atoms with Crippen molar-refractivity contribution in [2.45, 2.75) is 26.3 Å². The first-order valence-electron chi connectivity index (χ1n) is 4.70. The van der Waals surface area contributed by atoms with Crippen LogP contribution < -0.4 is 11.1 Å². The summed E-state index contributed by atoms with van der Waals surface area (Å²) in [4.78, 5) is 10.7. The summed E-state index contributed by atoms with van der Waals surface area (Å²) >= 11 is 0. The van der Waals surface area contributed by atoms with Crippen molar-refractivity contribution >= 4 is 11.6 Å². The molecule has 1 rings (SSSR count). The van der Waals surface area contributed by atoms with Crippen LogP contribution in [0.3, 0.4) is 0 Å². The summed E-state index contributed by atoms with van der Waals surface area (Å²) in [6.07, 6.45) is 0.861. The Morgan fingerprint density at radius 2 is 2.00 bits per heavy atom. The smallest absolute Gasteiger partial charge is 0.221 e. The Labute approximate surface area is 84.3 Å². The lowest BCUT2D eigenvalue weighted by atomic mass is 10.1. The predicted octanol–water partition coefficient (Wildman–Crippen LogP) is 1.53. The summed E-state index contributed by atoms with van der Waals surface area (Å²) in [5.74, 6) is -0.0510. The summed E-state index contributed by atoms with van der Waals surface area (Å²) in [6, 6.07) is 7.91. The highest BCUT2D eigenvalue weighted by atomic mass is 16.1. The van der Waals surface area contributed by atoms with E-state index in [2.05, 4.69) is 5.32 Å². The second-order valence-corrected chi connectivity index (χ2v) is 3.56. The third-order valence-electron chi connectivity index (χ3n) is 1.83. The average Bonchev–Trinajstić information content (AvgIpc) is 2.06. The van der Waals surface area contributed by atoms with E-state index in [9.17, 15) is 4.79 Å². The van der Waals surface area contributed by atoms with E-state index in [4.69, 9.17) is 5.73 Å². The Morgan fingerprint density at radius 1 is 1.43 bits per heavy atom. The lowest BCUT2D eigenvalue weighted by Gasteiger charge is -2.06. The quantitative estimate of drug-likeness (QED) is 0.763. The highest BCUT2D eigenvalue weighted by Crippen LogP contribution is 2.10. The topological polar surface area (TPSA) is 55.1 Å². The molecule has 3 N–H and O–H groups in total. The second-order valence-electron chi connectivity index (χ2n) is 3.56. The van der Waals surface area contributed by atoms with Crippen LogP contribution in [-0.4, -0.2) is 11.9 Å². The van der Waals surface area contributed by atoms with Crippen molar-refractivity contribution in [1.29, 1.82) is 0 Å². The molecule has 0 heterocycles. The minimum atomic E-state index is -0.0510. The maximum absolute atomic E-state index is 10.7. The van der Waals surface area contributed by atoms with Gasteiger partial charge in [0.1, 0.15) is 0 Å². The first-order valence-corrected chi connectivity index (χ1v) is 4.70. The van der Waals surface area contributed by atoms with Crippen molar-refractivity contribution in [2.24, 2.45) is 5.73 Å². The molecule has 0 aliphatic carbocycles. The molecule has 1 amide bonds. The molecule has 3 heteroatoms. The average molecular weight is 192 g/mol. The third kappa shape index (κ3) is 3.58. The van der Waals surface area contributed by atoms with Gasteiger partial charge in [-0.15, -0.1) is 0 Å². The summed E-state index contributed by atoms with van der Waals surface area (Å²) < 4.78 is 0. The van der Waals surface area contributed by atoms with E-state index < -0.39 is 0 Å². The van der Waals surface area contributed by atoms with Gasteiger partial charge in [-0.05, 0) is 31.0 Å². The fraction of sp³-hybridized carbons (Fsp3) is 0.364. The molecule has 1 aromatic carbocycles. The van der Waals surface area contributed by atoms with Gasteiger partial charge < -0.3 is 11.1 Å². The van der Waals surface area contributed by atoms with Gasteiger partial charge in [0.05, 0.1) is 0 Å². The molecule has 0 aliphatic rings. The zero-order valence-corrected chi connectivity index (χ0v) is 8.58.